The van der Waals surface area contributed by atoms with Gasteiger partial charge in [0.2, 0.25) is 5.91 Å². The van der Waals surface area contributed by atoms with Gasteiger partial charge in [-0.05, 0) is 36.8 Å². The van der Waals surface area contributed by atoms with Gasteiger partial charge in [-0.2, -0.15) is 0 Å². The number of hydrogen-bond donors (Lipinski definition) is 3. The van der Waals surface area contributed by atoms with Crippen molar-refractivity contribution < 1.29 is 29.0 Å². The number of carboxylic acids is 1. The third-order valence-electron chi connectivity index (χ3n) is 4.70. The van der Waals surface area contributed by atoms with Gasteiger partial charge < -0.3 is 25.2 Å². The van der Waals surface area contributed by atoms with Gasteiger partial charge >= 0.3 is 5.97 Å². The van der Waals surface area contributed by atoms with Crippen molar-refractivity contribution in [3.63, 3.8) is 0 Å². The Kier molecular flexibility index (Phi) is 5.72. The summed E-state index contributed by atoms with van der Waals surface area (Å²) in [6.45, 7) is 1.62. The lowest BCUT2D eigenvalue weighted by molar-refractivity contribution is -0.139. The number of rotatable bonds is 7. The molecular weight excluding hydrogens is 376 g/mol. The average Bonchev–Trinajstić information content (AvgIpc) is 2.68. The van der Waals surface area contributed by atoms with Crippen LogP contribution >= 0.6 is 0 Å². The van der Waals surface area contributed by atoms with Gasteiger partial charge in [0.05, 0.1) is 31.2 Å². The van der Waals surface area contributed by atoms with Crippen LogP contribution in [0.1, 0.15) is 25.3 Å². The number of methoxy groups -OCH3 is 1. The minimum Gasteiger partial charge on any atom is -0.497 e. The molecule has 2 atom stereocenters. The molecule has 0 aliphatic carbocycles. The van der Waals surface area contributed by atoms with Crippen LogP contribution in [-0.2, 0) is 19.9 Å². The van der Waals surface area contributed by atoms with Gasteiger partial charge in [0, 0.05) is 0 Å². The van der Waals surface area contributed by atoms with Crippen molar-refractivity contribution >= 4 is 23.5 Å². The van der Waals surface area contributed by atoms with Crippen molar-refractivity contribution in [3.8, 4) is 11.5 Å². The normalized spacial score (nSPS) is 17.2. The van der Waals surface area contributed by atoms with Crippen molar-refractivity contribution in [2.75, 3.05) is 12.4 Å². The van der Waals surface area contributed by atoms with E-state index >= 15 is 0 Å². The quantitative estimate of drug-likeness (QED) is 0.659. The molecule has 29 heavy (non-hydrogen) atoms. The molecule has 0 bridgehead atoms. The van der Waals surface area contributed by atoms with E-state index in [9.17, 15) is 19.5 Å². The molecule has 8 heteroatoms. The molecule has 8 nitrogen and oxygen atoms in total. The predicted molar refractivity (Wildman–Crippen MR) is 105 cm³/mol. The molecule has 1 heterocycles. The maximum absolute atomic E-state index is 12.7. The van der Waals surface area contributed by atoms with E-state index in [0.717, 1.165) is 0 Å². The predicted octanol–water partition coefficient (Wildman–Crippen LogP) is 2.29. The number of benzene rings is 2. The number of fused-ring (bicyclic) bond motifs is 1. The highest BCUT2D eigenvalue weighted by Crippen LogP contribution is 2.31. The van der Waals surface area contributed by atoms with Gasteiger partial charge in [-0.25, -0.2) is 0 Å². The molecule has 0 spiro atoms. The highest BCUT2D eigenvalue weighted by molar-refractivity contribution is 6.00. The molecule has 0 fully saturated rings. The summed E-state index contributed by atoms with van der Waals surface area (Å²) in [7, 11) is 1.50. The summed E-state index contributed by atoms with van der Waals surface area (Å²) in [4.78, 5) is 36.4. The molecule has 152 valence electrons. The fraction of sp³-hybridized carbons (Fsp3) is 0.286. The van der Waals surface area contributed by atoms with Crippen LogP contribution in [0.15, 0.2) is 48.5 Å². The van der Waals surface area contributed by atoms with Crippen LogP contribution in [0.25, 0.3) is 0 Å². The van der Waals surface area contributed by atoms with E-state index < -0.39 is 29.4 Å². The second kappa shape index (κ2) is 8.22. The van der Waals surface area contributed by atoms with E-state index in [1.165, 1.54) is 7.11 Å². The van der Waals surface area contributed by atoms with Crippen LogP contribution in [-0.4, -0.2) is 36.1 Å². The number of carbonyl (C=O) groups excluding carboxylic acids is 2. The summed E-state index contributed by atoms with van der Waals surface area (Å²) in [5.74, 6) is -0.988. The van der Waals surface area contributed by atoms with E-state index in [4.69, 9.17) is 9.47 Å². The number of hydrogen-bond acceptors (Lipinski definition) is 5. The van der Waals surface area contributed by atoms with Gasteiger partial charge in [0.25, 0.3) is 5.91 Å². The molecule has 2 unspecified atom stereocenters. The highest BCUT2D eigenvalue weighted by Gasteiger charge is 2.35. The molecule has 0 saturated heterocycles. The molecule has 2 aromatic rings. The summed E-state index contributed by atoms with van der Waals surface area (Å²) in [6.07, 6.45) is -1.60. The lowest BCUT2D eigenvalue weighted by atomic mass is 9.88. The first-order valence-corrected chi connectivity index (χ1v) is 9.04. The highest BCUT2D eigenvalue weighted by atomic mass is 16.5. The average molecular weight is 398 g/mol. The number of aliphatic carboxylic acids is 1. The summed E-state index contributed by atoms with van der Waals surface area (Å²) in [5.41, 5.74) is -0.0752. The van der Waals surface area contributed by atoms with Crippen LogP contribution in [0, 0.1) is 0 Å². The summed E-state index contributed by atoms with van der Waals surface area (Å²) in [6, 6.07) is 13.8. The second-order valence-corrected chi connectivity index (χ2v) is 6.98. The number of nitrogens with one attached hydrogen (secondary N) is 2. The van der Waals surface area contributed by atoms with Gasteiger partial charge in [-0.15, -0.1) is 0 Å². The van der Waals surface area contributed by atoms with Gasteiger partial charge in [0.15, 0.2) is 6.10 Å². The number of para-hydroxylation sites is 2. The van der Waals surface area contributed by atoms with Gasteiger partial charge in [-0.3, -0.25) is 14.4 Å². The molecule has 3 N–H and O–H groups in total. The first-order chi connectivity index (χ1) is 13.8. The monoisotopic (exact) mass is 398 g/mol. The third-order valence-corrected chi connectivity index (χ3v) is 4.70. The van der Waals surface area contributed by atoms with E-state index in [2.05, 4.69) is 10.6 Å². The van der Waals surface area contributed by atoms with Crippen LogP contribution < -0.4 is 20.1 Å². The van der Waals surface area contributed by atoms with Crippen LogP contribution in [0.4, 0.5) is 5.69 Å². The molecule has 0 aromatic heterocycles. The molecule has 2 amide bonds. The van der Waals surface area contributed by atoms with Crippen LogP contribution in [0.2, 0.25) is 0 Å². The second-order valence-electron chi connectivity index (χ2n) is 6.98. The zero-order valence-corrected chi connectivity index (χ0v) is 16.1. The first kappa shape index (κ1) is 20.2. The lowest BCUT2D eigenvalue weighted by Crippen LogP contribution is -2.48. The lowest BCUT2D eigenvalue weighted by Gasteiger charge is -2.31. The topological polar surface area (TPSA) is 114 Å². The molecule has 1 aliphatic rings. The first-order valence-electron chi connectivity index (χ1n) is 9.04. The fourth-order valence-corrected chi connectivity index (χ4v) is 3.24. The van der Waals surface area contributed by atoms with Gasteiger partial charge in [-0.1, -0.05) is 24.3 Å². The fourth-order valence-electron chi connectivity index (χ4n) is 3.24. The SMILES string of the molecule is COc1cccc(C(C)(CC(=O)O)NC(=O)CC2Oc3ccccc3NC2=O)c1. The Labute approximate surface area is 167 Å². The molecule has 0 radical (unpaired) electrons. The number of amides is 2. The molecular formula is C21H22N2O6. The smallest absolute Gasteiger partial charge is 0.306 e. The third kappa shape index (κ3) is 4.66. The maximum Gasteiger partial charge on any atom is 0.306 e. The van der Waals surface area contributed by atoms with Crippen molar-refractivity contribution in [3.05, 3.63) is 54.1 Å². The van der Waals surface area contributed by atoms with Crippen molar-refractivity contribution in [1.82, 2.24) is 5.32 Å². The van der Waals surface area contributed by atoms with Crippen LogP contribution in [0.5, 0.6) is 11.5 Å². The minimum atomic E-state index is -1.19. The summed E-state index contributed by atoms with van der Waals surface area (Å²) in [5, 5.41) is 14.8. The van der Waals surface area contributed by atoms with E-state index in [1.807, 2.05) is 0 Å². The largest absolute Gasteiger partial charge is 0.497 e. The number of ether oxygens (including phenoxy) is 2. The van der Waals surface area contributed by atoms with E-state index in [0.29, 0.717) is 22.7 Å². The molecule has 2 aromatic carbocycles. The zero-order chi connectivity index (χ0) is 21.0. The maximum atomic E-state index is 12.7. The Morgan fingerprint density at radius 3 is 2.72 bits per heavy atom. The standard InChI is InChI=1S/C21H22N2O6/c1-21(12-19(25)26,13-6-5-7-14(10-13)28-2)23-18(24)11-17-20(27)22-15-8-3-4-9-16(15)29-17/h3-10,17H,11-12H2,1-2H3,(H,22,27)(H,23,24)(H,25,26). The summed E-state index contributed by atoms with van der Waals surface area (Å²) >= 11 is 0. The van der Waals surface area contributed by atoms with Crippen molar-refractivity contribution in [2.45, 2.75) is 31.4 Å². The van der Waals surface area contributed by atoms with Gasteiger partial charge in [0.1, 0.15) is 11.5 Å². The Balaban J connectivity index is 1.77. The zero-order valence-electron chi connectivity index (χ0n) is 16.1. The summed E-state index contributed by atoms with van der Waals surface area (Å²) < 4.78 is 10.8. The molecule has 0 saturated carbocycles. The van der Waals surface area contributed by atoms with E-state index in [-0.39, 0.29) is 12.8 Å². The Hall–Kier alpha value is -3.55. The Morgan fingerprint density at radius 1 is 1.24 bits per heavy atom. The Bertz CT molecular complexity index is 944. The number of carboxylic acid groups (broad SMARTS) is 1. The number of anilines is 1. The number of carbonyl (C=O) groups is 3. The molecule has 1 aliphatic heterocycles. The van der Waals surface area contributed by atoms with Crippen LogP contribution in [0.3, 0.4) is 0 Å². The van der Waals surface area contributed by atoms with Crippen molar-refractivity contribution in [1.29, 1.82) is 0 Å². The Morgan fingerprint density at radius 2 is 2.00 bits per heavy atom. The minimum absolute atomic E-state index is 0.251. The molecule has 3 rings (SSSR count). The van der Waals surface area contributed by atoms with Crippen molar-refractivity contribution in [2.24, 2.45) is 0 Å². The van der Waals surface area contributed by atoms with E-state index in [1.54, 1.807) is 55.5 Å².